The van der Waals surface area contributed by atoms with Gasteiger partial charge in [0.25, 0.3) is 0 Å². The van der Waals surface area contributed by atoms with Crippen molar-refractivity contribution in [3.8, 4) is 0 Å². The number of amides is 2. The molecule has 0 fully saturated rings. The minimum Gasteiger partial charge on any atom is -0.446 e. The third kappa shape index (κ3) is 5.02. The van der Waals surface area contributed by atoms with E-state index < -0.39 is 18.7 Å². The highest BCUT2D eigenvalue weighted by Gasteiger charge is 2.01. The SMILES string of the molecule is CC(=O)NC(=O)OCCF. The summed E-state index contributed by atoms with van der Waals surface area (Å²) in [6.45, 7) is 0.0984. The number of carbonyl (C=O) groups excluding carboxylic acids is 2. The summed E-state index contributed by atoms with van der Waals surface area (Å²) in [5, 5.41) is 1.81. The maximum Gasteiger partial charge on any atom is 0.413 e. The molecule has 0 aliphatic rings. The highest BCUT2D eigenvalue weighted by molar-refractivity contribution is 5.90. The van der Waals surface area contributed by atoms with Crippen molar-refractivity contribution < 1.29 is 18.7 Å². The Hall–Kier alpha value is -1.13. The minimum atomic E-state index is -0.912. The zero-order valence-electron chi connectivity index (χ0n) is 5.52. The Labute approximate surface area is 57.4 Å². The van der Waals surface area contributed by atoms with Crippen LogP contribution in [0.15, 0.2) is 0 Å². The van der Waals surface area contributed by atoms with Gasteiger partial charge in [-0.05, 0) is 0 Å². The van der Waals surface area contributed by atoms with Gasteiger partial charge in [0.1, 0.15) is 13.3 Å². The minimum absolute atomic E-state index is 0.320. The van der Waals surface area contributed by atoms with Crippen LogP contribution >= 0.6 is 0 Å². The summed E-state index contributed by atoms with van der Waals surface area (Å²) in [6.07, 6.45) is -0.912. The molecule has 0 heterocycles. The van der Waals surface area contributed by atoms with Gasteiger partial charge < -0.3 is 4.74 Å². The van der Waals surface area contributed by atoms with Gasteiger partial charge in [0, 0.05) is 6.92 Å². The summed E-state index contributed by atoms with van der Waals surface area (Å²) in [7, 11) is 0. The second-order valence-electron chi connectivity index (χ2n) is 1.51. The Balaban J connectivity index is 3.35. The van der Waals surface area contributed by atoms with Crippen LogP contribution in [0.5, 0.6) is 0 Å². The third-order valence-corrected chi connectivity index (χ3v) is 0.588. The van der Waals surface area contributed by atoms with Crippen LogP contribution in [0.25, 0.3) is 0 Å². The summed E-state index contributed by atoms with van der Waals surface area (Å²) in [4.78, 5) is 20.4. The van der Waals surface area contributed by atoms with Crippen LogP contribution in [0.1, 0.15) is 6.92 Å². The fourth-order valence-corrected chi connectivity index (χ4v) is 0.311. The number of halogens is 1. The zero-order valence-corrected chi connectivity index (χ0v) is 5.52. The highest BCUT2D eigenvalue weighted by Crippen LogP contribution is 1.77. The molecule has 0 radical (unpaired) electrons. The predicted octanol–water partition coefficient (Wildman–Crippen LogP) is 0.229. The molecule has 0 aromatic heterocycles. The van der Waals surface area contributed by atoms with E-state index in [1.54, 1.807) is 0 Å². The molecule has 58 valence electrons. The number of alkyl halides is 1. The molecule has 1 N–H and O–H groups in total. The summed E-state index contributed by atoms with van der Waals surface area (Å²) in [5.41, 5.74) is 0. The van der Waals surface area contributed by atoms with Crippen molar-refractivity contribution in [3.63, 3.8) is 0 Å². The Morgan fingerprint density at radius 1 is 1.60 bits per heavy atom. The van der Waals surface area contributed by atoms with Crippen molar-refractivity contribution in [1.82, 2.24) is 5.32 Å². The molecular weight excluding hydrogens is 141 g/mol. The van der Waals surface area contributed by atoms with Gasteiger partial charge in [0.15, 0.2) is 0 Å². The topological polar surface area (TPSA) is 55.4 Å². The standard InChI is InChI=1S/C5H8FNO3/c1-4(8)7-5(9)10-3-2-6/h2-3H2,1H3,(H,7,8,9). The highest BCUT2D eigenvalue weighted by atomic mass is 19.1. The number of alkyl carbamates (subject to hydrolysis) is 1. The van der Waals surface area contributed by atoms with Crippen molar-refractivity contribution in [2.75, 3.05) is 13.3 Å². The number of imide groups is 1. The number of carbonyl (C=O) groups is 2. The Morgan fingerprint density at radius 3 is 2.60 bits per heavy atom. The molecule has 5 heteroatoms. The molecule has 0 bridgehead atoms. The van der Waals surface area contributed by atoms with Gasteiger partial charge in [-0.1, -0.05) is 0 Å². The van der Waals surface area contributed by atoms with Gasteiger partial charge in [-0.2, -0.15) is 0 Å². The maximum atomic E-state index is 11.3. The monoisotopic (exact) mass is 149 g/mol. The first-order valence-electron chi connectivity index (χ1n) is 2.67. The molecule has 0 unspecified atom stereocenters. The average Bonchev–Trinajstić information content (AvgIpc) is 1.82. The predicted molar refractivity (Wildman–Crippen MR) is 31.1 cm³/mol. The first-order chi connectivity index (χ1) is 4.66. The summed E-state index contributed by atoms with van der Waals surface area (Å²) in [6, 6.07) is 0. The van der Waals surface area contributed by atoms with Crippen molar-refractivity contribution >= 4 is 12.0 Å². The van der Waals surface area contributed by atoms with Gasteiger partial charge in [0.2, 0.25) is 5.91 Å². The quantitative estimate of drug-likeness (QED) is 0.611. The van der Waals surface area contributed by atoms with E-state index in [0.29, 0.717) is 0 Å². The van der Waals surface area contributed by atoms with E-state index in [1.165, 1.54) is 0 Å². The Bertz CT molecular complexity index is 137. The molecule has 0 aliphatic heterocycles. The lowest BCUT2D eigenvalue weighted by atomic mass is 10.7. The number of hydrogen-bond acceptors (Lipinski definition) is 3. The van der Waals surface area contributed by atoms with Gasteiger partial charge in [-0.15, -0.1) is 0 Å². The van der Waals surface area contributed by atoms with Gasteiger partial charge >= 0.3 is 6.09 Å². The van der Waals surface area contributed by atoms with Crippen LogP contribution in [0.4, 0.5) is 9.18 Å². The maximum absolute atomic E-state index is 11.3. The molecule has 0 rings (SSSR count). The molecular formula is C5H8FNO3. The van der Waals surface area contributed by atoms with E-state index in [1.807, 2.05) is 5.32 Å². The molecule has 0 saturated carbocycles. The van der Waals surface area contributed by atoms with E-state index in [2.05, 4.69) is 4.74 Å². The van der Waals surface area contributed by atoms with Crippen molar-refractivity contribution in [1.29, 1.82) is 0 Å². The van der Waals surface area contributed by atoms with Gasteiger partial charge in [-0.25, -0.2) is 9.18 Å². The van der Waals surface area contributed by atoms with Crippen molar-refractivity contribution in [3.05, 3.63) is 0 Å². The number of ether oxygens (including phenoxy) is 1. The van der Waals surface area contributed by atoms with E-state index in [4.69, 9.17) is 0 Å². The van der Waals surface area contributed by atoms with Crippen molar-refractivity contribution in [2.45, 2.75) is 6.92 Å². The molecule has 4 nitrogen and oxygen atoms in total. The fraction of sp³-hybridized carbons (Fsp3) is 0.600. The Kier molecular flexibility index (Phi) is 4.19. The first kappa shape index (κ1) is 8.87. The van der Waals surface area contributed by atoms with Crippen LogP contribution in [-0.2, 0) is 9.53 Å². The molecule has 0 aromatic rings. The Morgan fingerprint density at radius 2 is 2.20 bits per heavy atom. The van der Waals surface area contributed by atoms with E-state index in [-0.39, 0.29) is 6.61 Å². The molecule has 0 spiro atoms. The number of nitrogens with one attached hydrogen (secondary N) is 1. The normalized spacial score (nSPS) is 8.60. The van der Waals surface area contributed by atoms with E-state index in [0.717, 1.165) is 6.92 Å². The summed E-state index contributed by atoms with van der Waals surface area (Å²) >= 11 is 0. The molecule has 2 amide bonds. The van der Waals surface area contributed by atoms with Crippen LogP contribution in [0.2, 0.25) is 0 Å². The largest absolute Gasteiger partial charge is 0.446 e. The smallest absolute Gasteiger partial charge is 0.413 e. The summed E-state index contributed by atoms with van der Waals surface area (Å²) < 4.78 is 15.5. The molecule has 0 saturated heterocycles. The van der Waals surface area contributed by atoms with Gasteiger partial charge in [0.05, 0.1) is 0 Å². The number of hydrogen-bond donors (Lipinski definition) is 1. The average molecular weight is 149 g/mol. The molecule has 0 aromatic carbocycles. The van der Waals surface area contributed by atoms with Crippen LogP contribution in [0.3, 0.4) is 0 Å². The lowest BCUT2D eigenvalue weighted by molar-refractivity contribution is -0.118. The van der Waals surface area contributed by atoms with Crippen LogP contribution in [0, 0.1) is 0 Å². The van der Waals surface area contributed by atoms with Crippen LogP contribution < -0.4 is 5.32 Å². The third-order valence-electron chi connectivity index (χ3n) is 0.588. The van der Waals surface area contributed by atoms with E-state index in [9.17, 15) is 14.0 Å². The van der Waals surface area contributed by atoms with Gasteiger partial charge in [-0.3, -0.25) is 10.1 Å². The molecule has 10 heavy (non-hydrogen) atoms. The second-order valence-corrected chi connectivity index (χ2v) is 1.51. The van der Waals surface area contributed by atoms with Crippen LogP contribution in [-0.4, -0.2) is 25.3 Å². The lowest BCUT2D eigenvalue weighted by Gasteiger charge is -1.99. The number of rotatable bonds is 2. The fourth-order valence-electron chi connectivity index (χ4n) is 0.311. The molecule has 0 aliphatic carbocycles. The second kappa shape index (κ2) is 4.72. The summed E-state index contributed by atoms with van der Waals surface area (Å²) in [5.74, 6) is -0.524. The van der Waals surface area contributed by atoms with E-state index >= 15 is 0 Å². The zero-order chi connectivity index (χ0) is 7.98. The molecule has 0 atom stereocenters. The van der Waals surface area contributed by atoms with Crippen molar-refractivity contribution in [2.24, 2.45) is 0 Å². The first-order valence-corrected chi connectivity index (χ1v) is 2.67. The lowest BCUT2D eigenvalue weighted by Crippen LogP contribution is -2.29.